The minimum atomic E-state index is 0.0289. The summed E-state index contributed by atoms with van der Waals surface area (Å²) in [5.41, 5.74) is 0. The van der Waals surface area contributed by atoms with Crippen LogP contribution in [0.1, 0.15) is 12.8 Å². The van der Waals surface area contributed by atoms with E-state index in [0.29, 0.717) is 0 Å². The molecular weight excluding hydrogens is 210 g/mol. The van der Waals surface area contributed by atoms with Gasteiger partial charge in [0.2, 0.25) is 5.91 Å². The molecule has 2 N–H and O–H groups in total. The second kappa shape index (κ2) is 5.18. The highest BCUT2D eigenvalue weighted by Gasteiger charge is 2.26. The van der Waals surface area contributed by atoms with Crippen molar-refractivity contribution in [1.29, 1.82) is 0 Å². The zero-order valence-corrected chi connectivity index (χ0v) is 9.98. The number of carbonyl (C=O) groups is 1. The van der Waals surface area contributed by atoms with Gasteiger partial charge in [0.25, 0.3) is 0 Å². The van der Waals surface area contributed by atoms with Crippen molar-refractivity contribution in [3.63, 3.8) is 0 Å². The Hall–Kier alpha value is -0.260. The van der Waals surface area contributed by atoms with Gasteiger partial charge in [-0.15, -0.1) is 11.8 Å². The fourth-order valence-corrected chi connectivity index (χ4v) is 2.68. The maximum Gasteiger partial charge on any atom is 0.238 e. The summed E-state index contributed by atoms with van der Waals surface area (Å²) in [5.74, 6) is 1.97. The van der Waals surface area contributed by atoms with Crippen molar-refractivity contribution in [1.82, 2.24) is 15.5 Å². The molecule has 1 aliphatic heterocycles. The van der Waals surface area contributed by atoms with Gasteiger partial charge in [-0.1, -0.05) is 0 Å². The van der Waals surface area contributed by atoms with Crippen molar-refractivity contribution < 1.29 is 4.79 Å². The van der Waals surface area contributed by atoms with Gasteiger partial charge >= 0.3 is 0 Å². The van der Waals surface area contributed by atoms with Crippen molar-refractivity contribution in [2.75, 3.05) is 31.8 Å². The van der Waals surface area contributed by atoms with Gasteiger partial charge in [0.15, 0.2) is 0 Å². The molecule has 0 aromatic carbocycles. The molecule has 0 radical (unpaired) electrons. The van der Waals surface area contributed by atoms with E-state index in [1.54, 1.807) is 11.8 Å². The van der Waals surface area contributed by atoms with Crippen LogP contribution < -0.4 is 10.6 Å². The van der Waals surface area contributed by atoms with E-state index in [2.05, 4.69) is 22.6 Å². The predicted octanol–water partition coefficient (Wildman–Crippen LogP) is -0.141. The second-order valence-corrected chi connectivity index (χ2v) is 5.30. The number of thioether (sulfide) groups is 1. The number of carbonyl (C=O) groups excluding carboxylic acids is 1. The zero-order chi connectivity index (χ0) is 10.7. The summed E-state index contributed by atoms with van der Waals surface area (Å²) in [7, 11) is 2.13. The summed E-state index contributed by atoms with van der Waals surface area (Å²) < 4.78 is 0. The maximum atomic E-state index is 11.6. The lowest BCUT2D eigenvalue weighted by Crippen LogP contribution is -2.44. The van der Waals surface area contributed by atoms with Crippen LogP contribution >= 0.6 is 11.8 Å². The summed E-state index contributed by atoms with van der Waals surface area (Å²) in [6.07, 6.45) is 2.65. The van der Waals surface area contributed by atoms with Crippen molar-refractivity contribution >= 4 is 17.7 Å². The second-order valence-electron chi connectivity index (χ2n) is 4.27. The first-order chi connectivity index (χ1) is 7.27. The van der Waals surface area contributed by atoms with E-state index in [-0.39, 0.29) is 11.9 Å². The molecule has 2 aliphatic rings. The average molecular weight is 229 g/mol. The molecule has 1 atom stereocenters. The van der Waals surface area contributed by atoms with Gasteiger partial charge in [0.05, 0.1) is 6.04 Å². The lowest BCUT2D eigenvalue weighted by atomic mass is 10.3. The molecular formula is C10H19N3OS. The summed E-state index contributed by atoms with van der Waals surface area (Å²) in [5, 5.41) is 6.15. The number of likely N-dealkylation sites (N-methyl/N-ethyl adjacent to an activating group) is 1. The number of amides is 1. The molecule has 0 spiro atoms. The molecule has 1 amide bonds. The third-order valence-corrected chi connectivity index (χ3v) is 3.91. The number of hydrogen-bond donors (Lipinski definition) is 2. The first-order valence-corrected chi connectivity index (χ1v) is 6.72. The number of hydrogen-bond acceptors (Lipinski definition) is 4. The highest BCUT2D eigenvalue weighted by Crippen LogP contribution is 2.24. The van der Waals surface area contributed by atoms with E-state index in [4.69, 9.17) is 0 Å². The van der Waals surface area contributed by atoms with Crippen molar-refractivity contribution in [3.05, 3.63) is 0 Å². The molecule has 1 saturated carbocycles. The standard InChI is InChI=1S/C10H19N3OS/c1-13(8-2-3-8)5-4-11-10(14)9-6-15-7-12-9/h8-9,12H,2-7H2,1H3,(H,11,14). The first kappa shape index (κ1) is 11.2. The van der Waals surface area contributed by atoms with E-state index in [0.717, 1.165) is 30.8 Å². The number of nitrogens with zero attached hydrogens (tertiary/aromatic N) is 1. The largest absolute Gasteiger partial charge is 0.353 e. The van der Waals surface area contributed by atoms with E-state index in [9.17, 15) is 4.79 Å². The number of rotatable bonds is 5. The zero-order valence-electron chi connectivity index (χ0n) is 9.16. The van der Waals surface area contributed by atoms with Gasteiger partial charge in [-0.2, -0.15) is 0 Å². The predicted molar refractivity (Wildman–Crippen MR) is 62.9 cm³/mol. The minimum absolute atomic E-state index is 0.0289. The van der Waals surface area contributed by atoms with Gasteiger partial charge in [0, 0.05) is 30.8 Å². The third-order valence-electron chi connectivity index (χ3n) is 2.97. The van der Waals surface area contributed by atoms with Crippen LogP contribution in [-0.4, -0.2) is 54.7 Å². The lowest BCUT2D eigenvalue weighted by molar-refractivity contribution is -0.122. The summed E-state index contributed by atoms with van der Waals surface area (Å²) in [6, 6.07) is 0.809. The first-order valence-electron chi connectivity index (χ1n) is 5.56. The Morgan fingerprint density at radius 1 is 1.60 bits per heavy atom. The van der Waals surface area contributed by atoms with Crippen molar-refractivity contribution in [2.45, 2.75) is 24.9 Å². The highest BCUT2D eigenvalue weighted by molar-refractivity contribution is 7.99. The van der Waals surface area contributed by atoms with Crippen LogP contribution in [0.3, 0.4) is 0 Å². The summed E-state index contributed by atoms with van der Waals surface area (Å²) in [4.78, 5) is 13.9. The monoisotopic (exact) mass is 229 g/mol. The van der Waals surface area contributed by atoms with Crippen LogP contribution in [0.2, 0.25) is 0 Å². The summed E-state index contributed by atoms with van der Waals surface area (Å²) in [6.45, 7) is 1.74. The molecule has 0 bridgehead atoms. The molecule has 0 aromatic rings. The Balaban J connectivity index is 1.58. The average Bonchev–Trinajstić information content (AvgIpc) is 2.93. The quantitative estimate of drug-likeness (QED) is 0.689. The molecule has 5 heteroatoms. The fraction of sp³-hybridized carbons (Fsp3) is 0.900. The topological polar surface area (TPSA) is 44.4 Å². The third kappa shape index (κ3) is 3.36. The van der Waals surface area contributed by atoms with Gasteiger partial charge in [-0.05, 0) is 19.9 Å². The molecule has 2 rings (SSSR count). The van der Waals surface area contributed by atoms with E-state index in [1.807, 2.05) is 0 Å². The molecule has 0 aromatic heterocycles. The van der Waals surface area contributed by atoms with Gasteiger partial charge in [-0.25, -0.2) is 0 Å². The molecule has 1 unspecified atom stereocenters. The Morgan fingerprint density at radius 2 is 2.40 bits per heavy atom. The highest BCUT2D eigenvalue weighted by atomic mass is 32.2. The van der Waals surface area contributed by atoms with Crippen LogP contribution in [0.15, 0.2) is 0 Å². The smallest absolute Gasteiger partial charge is 0.238 e. The normalized spacial score (nSPS) is 25.9. The molecule has 86 valence electrons. The molecule has 4 nitrogen and oxygen atoms in total. The fourth-order valence-electron chi connectivity index (χ4n) is 1.74. The molecule has 15 heavy (non-hydrogen) atoms. The number of nitrogens with one attached hydrogen (secondary N) is 2. The Bertz CT molecular complexity index is 227. The van der Waals surface area contributed by atoms with Gasteiger partial charge in [0.1, 0.15) is 0 Å². The Kier molecular flexibility index (Phi) is 3.88. The molecule has 2 fully saturated rings. The van der Waals surface area contributed by atoms with Crippen LogP contribution in [0.5, 0.6) is 0 Å². The lowest BCUT2D eigenvalue weighted by Gasteiger charge is -2.16. The minimum Gasteiger partial charge on any atom is -0.353 e. The van der Waals surface area contributed by atoms with Gasteiger partial charge < -0.3 is 10.2 Å². The summed E-state index contributed by atoms with van der Waals surface area (Å²) >= 11 is 1.78. The SMILES string of the molecule is CN(CCNC(=O)C1CSCN1)C1CC1. The Morgan fingerprint density at radius 3 is 3.00 bits per heavy atom. The Labute approximate surface area is 95.2 Å². The van der Waals surface area contributed by atoms with E-state index >= 15 is 0 Å². The maximum absolute atomic E-state index is 11.6. The van der Waals surface area contributed by atoms with E-state index < -0.39 is 0 Å². The molecule has 1 saturated heterocycles. The van der Waals surface area contributed by atoms with Crippen LogP contribution in [0, 0.1) is 0 Å². The van der Waals surface area contributed by atoms with Crippen LogP contribution in [0.25, 0.3) is 0 Å². The van der Waals surface area contributed by atoms with Crippen molar-refractivity contribution in [2.24, 2.45) is 0 Å². The molecule has 1 heterocycles. The van der Waals surface area contributed by atoms with Crippen molar-refractivity contribution in [3.8, 4) is 0 Å². The van der Waals surface area contributed by atoms with Crippen LogP contribution in [0.4, 0.5) is 0 Å². The van der Waals surface area contributed by atoms with Crippen LogP contribution in [-0.2, 0) is 4.79 Å². The molecule has 1 aliphatic carbocycles. The van der Waals surface area contributed by atoms with E-state index in [1.165, 1.54) is 12.8 Å². The van der Waals surface area contributed by atoms with Gasteiger partial charge in [-0.3, -0.25) is 10.1 Å².